The van der Waals surface area contributed by atoms with Crippen molar-refractivity contribution in [2.75, 3.05) is 0 Å². The van der Waals surface area contributed by atoms with Crippen LogP contribution in [0, 0.1) is 6.92 Å². The maximum absolute atomic E-state index is 12.8. The molecule has 0 saturated carbocycles. The van der Waals surface area contributed by atoms with Crippen LogP contribution in [0.4, 0.5) is 13.2 Å². The second-order valence-corrected chi connectivity index (χ2v) is 4.42. The van der Waals surface area contributed by atoms with E-state index in [1.54, 1.807) is 0 Å². The van der Waals surface area contributed by atoms with Crippen molar-refractivity contribution in [2.24, 2.45) is 0 Å². The van der Waals surface area contributed by atoms with Crippen LogP contribution in [0.1, 0.15) is 48.9 Å². The number of halogens is 3. The van der Waals surface area contributed by atoms with Crippen molar-refractivity contribution >= 4 is 0 Å². The van der Waals surface area contributed by atoms with Gasteiger partial charge in [0.25, 0.3) is 0 Å². The van der Waals surface area contributed by atoms with E-state index in [0.29, 0.717) is 12.8 Å². The molecule has 0 spiro atoms. The molecule has 96 valence electrons. The molecule has 0 unspecified atom stereocenters. The van der Waals surface area contributed by atoms with Gasteiger partial charge in [-0.3, -0.25) is 0 Å². The van der Waals surface area contributed by atoms with Gasteiger partial charge in [-0.1, -0.05) is 26.7 Å². The smallest absolute Gasteiger partial charge is 0.166 e. The molecule has 0 saturated heterocycles. The quantitative estimate of drug-likeness (QED) is 0.705. The Bertz CT molecular complexity index is 351. The van der Waals surface area contributed by atoms with Gasteiger partial charge in [0.05, 0.1) is 5.56 Å². The largest absolute Gasteiger partial charge is 0.416 e. The van der Waals surface area contributed by atoms with Crippen LogP contribution in [0.25, 0.3) is 0 Å². The Labute approximate surface area is 101 Å². The first-order valence-corrected chi connectivity index (χ1v) is 6.09. The zero-order valence-electron chi connectivity index (χ0n) is 10.6. The number of alkyl halides is 3. The molecule has 0 aromatic heterocycles. The van der Waals surface area contributed by atoms with Crippen LogP contribution in [0.3, 0.4) is 0 Å². The van der Waals surface area contributed by atoms with Crippen LogP contribution in [-0.2, 0) is 19.0 Å². The van der Waals surface area contributed by atoms with E-state index in [1.807, 2.05) is 20.8 Å². The van der Waals surface area contributed by atoms with Crippen LogP contribution in [-0.4, -0.2) is 0 Å². The van der Waals surface area contributed by atoms with Crippen LogP contribution in [0.5, 0.6) is 0 Å². The second-order valence-electron chi connectivity index (χ2n) is 4.42. The molecule has 1 aromatic carbocycles. The lowest BCUT2D eigenvalue weighted by molar-refractivity contribution is -0.137. The van der Waals surface area contributed by atoms with Gasteiger partial charge in [-0.15, -0.1) is 0 Å². The summed E-state index contributed by atoms with van der Waals surface area (Å²) in [6.45, 7) is 5.90. The summed E-state index contributed by atoms with van der Waals surface area (Å²) in [5, 5.41) is 0. The average molecular weight is 244 g/mol. The van der Waals surface area contributed by atoms with Gasteiger partial charge in [0.15, 0.2) is 0 Å². The Morgan fingerprint density at radius 2 is 1.35 bits per heavy atom. The third-order valence-corrected chi connectivity index (χ3v) is 2.99. The van der Waals surface area contributed by atoms with E-state index in [-0.39, 0.29) is 0 Å². The molecule has 1 rings (SSSR count). The van der Waals surface area contributed by atoms with Crippen molar-refractivity contribution in [1.29, 1.82) is 0 Å². The molecule has 0 aliphatic rings. The molecule has 0 atom stereocenters. The molecule has 0 amide bonds. The summed E-state index contributed by atoms with van der Waals surface area (Å²) < 4.78 is 38.3. The highest BCUT2D eigenvalue weighted by atomic mass is 19.4. The normalized spacial score (nSPS) is 11.9. The van der Waals surface area contributed by atoms with E-state index in [9.17, 15) is 13.2 Å². The van der Waals surface area contributed by atoms with Gasteiger partial charge >= 0.3 is 6.18 Å². The standard InChI is InChI=1S/C14H19F3/c1-4-6-11-8-13(14(15,16)17)9-12(7-5-2)10(11)3/h8-9H,4-7H2,1-3H3. The highest BCUT2D eigenvalue weighted by molar-refractivity contribution is 5.39. The summed E-state index contributed by atoms with van der Waals surface area (Å²) in [5.41, 5.74) is 2.20. The van der Waals surface area contributed by atoms with Gasteiger partial charge in [-0.25, -0.2) is 0 Å². The van der Waals surface area contributed by atoms with Crippen molar-refractivity contribution in [3.8, 4) is 0 Å². The van der Waals surface area contributed by atoms with Gasteiger partial charge < -0.3 is 0 Å². The summed E-state index contributed by atoms with van der Waals surface area (Å²) >= 11 is 0. The Hall–Kier alpha value is -0.990. The first kappa shape index (κ1) is 14.1. The monoisotopic (exact) mass is 244 g/mol. The molecule has 0 nitrogen and oxygen atoms in total. The van der Waals surface area contributed by atoms with Crippen molar-refractivity contribution < 1.29 is 13.2 Å². The molecule has 0 radical (unpaired) electrons. The number of aryl methyl sites for hydroxylation is 2. The van der Waals surface area contributed by atoms with Crippen LogP contribution in [0.2, 0.25) is 0 Å². The predicted octanol–water partition coefficient (Wildman–Crippen LogP) is 4.92. The number of rotatable bonds is 4. The minimum absolute atomic E-state index is 0.505. The molecular weight excluding hydrogens is 225 g/mol. The SMILES string of the molecule is CCCc1cc(C(F)(F)F)cc(CCC)c1C. The van der Waals surface area contributed by atoms with E-state index in [1.165, 1.54) is 12.1 Å². The average Bonchev–Trinajstić information content (AvgIpc) is 2.22. The number of benzene rings is 1. The van der Waals surface area contributed by atoms with Gasteiger partial charge in [-0.05, 0) is 48.6 Å². The van der Waals surface area contributed by atoms with Crippen molar-refractivity contribution in [1.82, 2.24) is 0 Å². The summed E-state index contributed by atoms with van der Waals surface area (Å²) in [7, 11) is 0. The molecule has 3 heteroatoms. The lowest BCUT2D eigenvalue weighted by Crippen LogP contribution is -2.08. The third kappa shape index (κ3) is 3.48. The Balaban J connectivity index is 3.26. The van der Waals surface area contributed by atoms with Crippen LogP contribution in [0.15, 0.2) is 12.1 Å². The zero-order valence-corrected chi connectivity index (χ0v) is 10.6. The Morgan fingerprint density at radius 3 is 1.65 bits per heavy atom. The minimum Gasteiger partial charge on any atom is -0.166 e. The first-order chi connectivity index (χ1) is 7.90. The van der Waals surface area contributed by atoms with Crippen LogP contribution >= 0.6 is 0 Å². The maximum atomic E-state index is 12.8. The fourth-order valence-corrected chi connectivity index (χ4v) is 2.06. The van der Waals surface area contributed by atoms with Crippen LogP contribution < -0.4 is 0 Å². The molecule has 0 N–H and O–H groups in total. The van der Waals surface area contributed by atoms with Gasteiger partial charge in [0, 0.05) is 0 Å². The van der Waals surface area contributed by atoms with E-state index < -0.39 is 11.7 Å². The number of hydrogen-bond donors (Lipinski definition) is 0. The Morgan fingerprint density at radius 1 is 0.941 bits per heavy atom. The van der Waals surface area contributed by atoms with E-state index >= 15 is 0 Å². The van der Waals surface area contributed by atoms with E-state index in [2.05, 4.69) is 0 Å². The first-order valence-electron chi connectivity index (χ1n) is 6.09. The highest BCUT2D eigenvalue weighted by Gasteiger charge is 2.31. The highest BCUT2D eigenvalue weighted by Crippen LogP contribution is 2.32. The molecule has 17 heavy (non-hydrogen) atoms. The second kappa shape index (κ2) is 5.56. The summed E-state index contributed by atoms with van der Waals surface area (Å²) in [4.78, 5) is 0. The summed E-state index contributed by atoms with van der Waals surface area (Å²) in [6.07, 6.45) is -1.07. The topological polar surface area (TPSA) is 0 Å². The fraction of sp³-hybridized carbons (Fsp3) is 0.571. The summed E-state index contributed by atoms with van der Waals surface area (Å²) in [5.74, 6) is 0. The Kier molecular flexibility index (Phi) is 4.61. The van der Waals surface area contributed by atoms with E-state index in [0.717, 1.165) is 29.5 Å². The third-order valence-electron chi connectivity index (χ3n) is 2.99. The van der Waals surface area contributed by atoms with E-state index in [4.69, 9.17) is 0 Å². The van der Waals surface area contributed by atoms with Gasteiger partial charge in [-0.2, -0.15) is 13.2 Å². The van der Waals surface area contributed by atoms with Gasteiger partial charge in [0.1, 0.15) is 0 Å². The lowest BCUT2D eigenvalue weighted by atomic mass is 9.93. The van der Waals surface area contributed by atoms with Crippen molar-refractivity contribution in [3.05, 3.63) is 34.4 Å². The van der Waals surface area contributed by atoms with Gasteiger partial charge in [0.2, 0.25) is 0 Å². The number of hydrogen-bond acceptors (Lipinski definition) is 0. The summed E-state index contributed by atoms with van der Waals surface area (Å²) in [6, 6.07) is 2.61. The molecule has 0 aliphatic carbocycles. The van der Waals surface area contributed by atoms with Crippen molar-refractivity contribution in [3.63, 3.8) is 0 Å². The molecule has 0 bridgehead atoms. The fourth-order valence-electron chi connectivity index (χ4n) is 2.06. The molecule has 0 aliphatic heterocycles. The molecule has 0 heterocycles. The van der Waals surface area contributed by atoms with Crippen molar-refractivity contribution in [2.45, 2.75) is 52.6 Å². The maximum Gasteiger partial charge on any atom is 0.416 e. The molecular formula is C14H19F3. The minimum atomic E-state index is -4.24. The predicted molar refractivity (Wildman–Crippen MR) is 64.2 cm³/mol. The molecule has 0 fully saturated rings. The molecule has 1 aromatic rings. The zero-order chi connectivity index (χ0) is 13.1. The lowest BCUT2D eigenvalue weighted by Gasteiger charge is -2.15.